The van der Waals surface area contributed by atoms with Crippen LogP contribution in [-0.4, -0.2) is 87.5 Å². The van der Waals surface area contributed by atoms with E-state index >= 15 is 0 Å². The zero-order valence-electron chi connectivity index (χ0n) is 43.9. The number of aliphatic hydroxyl groups is 5. The third kappa shape index (κ3) is 37.7. The third-order valence-corrected chi connectivity index (χ3v) is 13.3. The summed E-state index contributed by atoms with van der Waals surface area (Å²) in [6, 6.07) is -0.831. The lowest BCUT2D eigenvalue weighted by Gasteiger charge is -2.40. The van der Waals surface area contributed by atoms with Crippen molar-refractivity contribution in [1.82, 2.24) is 5.32 Å². The van der Waals surface area contributed by atoms with E-state index in [-0.39, 0.29) is 12.5 Å². The number of rotatable bonds is 48. The van der Waals surface area contributed by atoms with Crippen molar-refractivity contribution in [2.75, 3.05) is 13.2 Å². The van der Waals surface area contributed by atoms with Crippen LogP contribution in [0.5, 0.6) is 0 Å². The standard InChI is InChI=1S/C59H107NO8/c1-3-5-7-9-11-13-15-17-19-21-23-24-25-26-27-28-29-30-31-33-35-37-39-41-43-45-47-49-55(63)60-52(51-67-59-58(66)57(65)56(64)54(50-61)68-59)53(62)48-46-44-42-40-38-36-34-32-22-20-18-16-14-12-10-8-6-4-2/h22-24,26-27,32,38,40,46,48,52-54,56-59,61-62,64-66H,3-21,25,28-31,33-37,39,41-45,47,49-51H2,1-2H3,(H,60,63)/b24-23-,27-26-,32-22+,40-38+,48-46+. The van der Waals surface area contributed by atoms with Crippen molar-refractivity contribution in [3.8, 4) is 0 Å². The summed E-state index contributed by atoms with van der Waals surface area (Å²) in [4.78, 5) is 13.0. The SMILES string of the molecule is CCCCCCCCCC/C=C/CC/C=C/CC/C=C/C(O)C(COC1OC(CO)C(O)C(O)C1O)NC(=O)CCCCCCCCCCCCC/C=C\C/C=C\CCCCCCCCCCC. The van der Waals surface area contributed by atoms with Gasteiger partial charge in [0.2, 0.25) is 5.91 Å². The van der Waals surface area contributed by atoms with Crippen LogP contribution in [0.25, 0.3) is 0 Å². The molecule has 1 rings (SSSR count). The van der Waals surface area contributed by atoms with Crippen LogP contribution in [0.1, 0.15) is 251 Å². The number of amides is 1. The van der Waals surface area contributed by atoms with Gasteiger partial charge in [-0.25, -0.2) is 0 Å². The Morgan fingerprint density at radius 2 is 0.882 bits per heavy atom. The van der Waals surface area contributed by atoms with Crippen LogP contribution in [0.15, 0.2) is 60.8 Å². The molecule has 1 amide bonds. The maximum absolute atomic E-state index is 13.0. The molecule has 1 aliphatic heterocycles. The van der Waals surface area contributed by atoms with Gasteiger partial charge in [-0.05, 0) is 77.0 Å². The summed E-state index contributed by atoms with van der Waals surface area (Å²) in [5.74, 6) is -0.193. The first kappa shape index (κ1) is 63.9. The third-order valence-electron chi connectivity index (χ3n) is 13.3. The quantitative estimate of drug-likeness (QED) is 0.0261. The predicted octanol–water partition coefficient (Wildman–Crippen LogP) is 13.9. The van der Waals surface area contributed by atoms with Gasteiger partial charge in [-0.3, -0.25) is 4.79 Å². The number of allylic oxidation sites excluding steroid dienone is 9. The van der Waals surface area contributed by atoms with E-state index in [0.29, 0.717) is 6.42 Å². The van der Waals surface area contributed by atoms with Crippen molar-refractivity contribution < 1.29 is 39.8 Å². The van der Waals surface area contributed by atoms with Crippen LogP contribution in [0.4, 0.5) is 0 Å². The van der Waals surface area contributed by atoms with E-state index < -0.39 is 49.5 Å². The molecule has 0 aliphatic carbocycles. The van der Waals surface area contributed by atoms with Crippen molar-refractivity contribution >= 4 is 5.91 Å². The molecule has 0 spiro atoms. The zero-order chi connectivity index (χ0) is 49.4. The number of nitrogens with one attached hydrogen (secondary N) is 1. The summed E-state index contributed by atoms with van der Waals surface area (Å²) in [6.07, 6.45) is 58.6. The van der Waals surface area contributed by atoms with Crippen LogP contribution in [0, 0.1) is 0 Å². The molecule has 9 heteroatoms. The topological polar surface area (TPSA) is 149 Å². The van der Waals surface area contributed by atoms with Gasteiger partial charge in [0.25, 0.3) is 0 Å². The summed E-state index contributed by atoms with van der Waals surface area (Å²) in [6.45, 7) is 3.76. The fraction of sp³-hybridized carbons (Fsp3) is 0.814. The number of unbranched alkanes of at least 4 members (excludes halogenated alkanes) is 30. The number of hydrogen-bond donors (Lipinski definition) is 6. The first-order chi connectivity index (χ1) is 33.3. The van der Waals surface area contributed by atoms with Crippen molar-refractivity contribution in [2.24, 2.45) is 0 Å². The molecular weight excluding hydrogens is 851 g/mol. The Morgan fingerprint density at radius 1 is 0.500 bits per heavy atom. The molecule has 9 nitrogen and oxygen atoms in total. The van der Waals surface area contributed by atoms with Gasteiger partial charge in [0.15, 0.2) is 6.29 Å². The maximum Gasteiger partial charge on any atom is 0.220 e. The van der Waals surface area contributed by atoms with Crippen molar-refractivity contribution in [1.29, 1.82) is 0 Å². The Bertz CT molecular complexity index is 1250. The van der Waals surface area contributed by atoms with E-state index in [1.54, 1.807) is 6.08 Å². The van der Waals surface area contributed by atoms with Crippen LogP contribution in [-0.2, 0) is 14.3 Å². The Morgan fingerprint density at radius 3 is 1.32 bits per heavy atom. The Balaban J connectivity index is 2.25. The molecule has 0 aromatic heterocycles. The number of ether oxygens (including phenoxy) is 2. The monoisotopic (exact) mass is 958 g/mol. The van der Waals surface area contributed by atoms with Crippen LogP contribution >= 0.6 is 0 Å². The molecule has 0 aromatic rings. The van der Waals surface area contributed by atoms with Crippen molar-refractivity contribution in [3.63, 3.8) is 0 Å². The molecule has 0 aromatic carbocycles. The van der Waals surface area contributed by atoms with Crippen LogP contribution < -0.4 is 5.32 Å². The zero-order valence-corrected chi connectivity index (χ0v) is 43.9. The minimum atomic E-state index is -1.58. The highest BCUT2D eigenvalue weighted by Gasteiger charge is 2.44. The lowest BCUT2D eigenvalue weighted by molar-refractivity contribution is -0.302. The van der Waals surface area contributed by atoms with Gasteiger partial charge in [0.05, 0.1) is 25.4 Å². The minimum absolute atomic E-state index is 0.193. The van der Waals surface area contributed by atoms with Crippen LogP contribution in [0.2, 0.25) is 0 Å². The molecule has 396 valence electrons. The van der Waals surface area contributed by atoms with E-state index in [1.165, 1.54) is 180 Å². The summed E-state index contributed by atoms with van der Waals surface area (Å²) in [7, 11) is 0. The second-order valence-electron chi connectivity index (χ2n) is 19.7. The summed E-state index contributed by atoms with van der Waals surface area (Å²) < 4.78 is 11.2. The van der Waals surface area contributed by atoms with Gasteiger partial charge >= 0.3 is 0 Å². The fourth-order valence-electron chi connectivity index (χ4n) is 8.75. The average Bonchev–Trinajstić information content (AvgIpc) is 3.34. The Hall–Kier alpha value is -2.11. The van der Waals surface area contributed by atoms with Gasteiger partial charge in [-0.15, -0.1) is 0 Å². The van der Waals surface area contributed by atoms with Gasteiger partial charge < -0.3 is 40.3 Å². The van der Waals surface area contributed by atoms with E-state index in [4.69, 9.17) is 9.47 Å². The largest absolute Gasteiger partial charge is 0.394 e. The molecule has 0 bridgehead atoms. The van der Waals surface area contributed by atoms with E-state index in [1.807, 2.05) is 6.08 Å². The highest BCUT2D eigenvalue weighted by atomic mass is 16.7. The highest BCUT2D eigenvalue weighted by molar-refractivity contribution is 5.76. The van der Waals surface area contributed by atoms with E-state index in [9.17, 15) is 30.3 Å². The maximum atomic E-state index is 13.0. The molecule has 1 aliphatic rings. The second-order valence-corrected chi connectivity index (χ2v) is 19.7. The number of carbonyl (C=O) groups is 1. The lowest BCUT2D eigenvalue weighted by atomic mass is 9.99. The molecule has 68 heavy (non-hydrogen) atoms. The molecule has 6 N–H and O–H groups in total. The van der Waals surface area contributed by atoms with E-state index in [0.717, 1.165) is 51.4 Å². The van der Waals surface area contributed by atoms with Gasteiger partial charge in [0, 0.05) is 6.42 Å². The molecular formula is C59H107NO8. The first-order valence-corrected chi connectivity index (χ1v) is 28.5. The van der Waals surface area contributed by atoms with Crippen LogP contribution in [0.3, 0.4) is 0 Å². The predicted molar refractivity (Wildman–Crippen MR) is 286 cm³/mol. The van der Waals surface area contributed by atoms with Gasteiger partial charge in [-0.1, -0.05) is 229 Å². The average molecular weight is 959 g/mol. The summed E-state index contributed by atoms with van der Waals surface area (Å²) >= 11 is 0. The van der Waals surface area contributed by atoms with E-state index in [2.05, 4.69) is 67.8 Å². The highest BCUT2D eigenvalue weighted by Crippen LogP contribution is 2.23. The molecule has 0 saturated carbocycles. The molecule has 1 saturated heterocycles. The molecule has 7 atom stereocenters. The van der Waals surface area contributed by atoms with Crippen molar-refractivity contribution in [3.05, 3.63) is 60.8 Å². The molecule has 1 fully saturated rings. The Kier molecular flexibility index (Phi) is 45.6. The number of hydrogen-bond acceptors (Lipinski definition) is 8. The molecule has 1 heterocycles. The Labute approximate surface area is 417 Å². The normalized spacial score (nSPS) is 20.0. The fourth-order valence-corrected chi connectivity index (χ4v) is 8.75. The summed E-state index contributed by atoms with van der Waals surface area (Å²) in [5, 5.41) is 54.4. The number of aliphatic hydroxyl groups excluding tert-OH is 5. The lowest BCUT2D eigenvalue weighted by Crippen LogP contribution is -2.60. The summed E-state index contributed by atoms with van der Waals surface area (Å²) in [5.41, 5.74) is 0. The number of carbonyl (C=O) groups excluding carboxylic acids is 1. The van der Waals surface area contributed by atoms with Crippen molar-refractivity contribution in [2.45, 2.75) is 294 Å². The van der Waals surface area contributed by atoms with Gasteiger partial charge in [-0.2, -0.15) is 0 Å². The molecule has 7 unspecified atom stereocenters. The van der Waals surface area contributed by atoms with Gasteiger partial charge in [0.1, 0.15) is 24.4 Å². The first-order valence-electron chi connectivity index (χ1n) is 28.5. The minimum Gasteiger partial charge on any atom is -0.394 e. The second kappa shape index (κ2) is 48.5. The smallest absolute Gasteiger partial charge is 0.220 e. The molecule has 0 radical (unpaired) electrons.